The van der Waals surface area contributed by atoms with Gasteiger partial charge in [-0.05, 0) is 25.1 Å². The average molecular weight is 319 g/mol. The molecule has 4 rings (SSSR count). The number of nitro benzene ring substituents is 1. The van der Waals surface area contributed by atoms with Crippen LogP contribution in [0.3, 0.4) is 0 Å². The Kier molecular flexibility index (Phi) is 3.13. The molecule has 7 heteroatoms. The summed E-state index contributed by atoms with van der Waals surface area (Å²) in [7, 11) is 0. The van der Waals surface area contributed by atoms with E-state index in [-0.39, 0.29) is 10.6 Å². The van der Waals surface area contributed by atoms with Crippen molar-refractivity contribution in [2.75, 3.05) is 0 Å². The topological polar surface area (TPSA) is 78.3 Å². The van der Waals surface area contributed by atoms with Gasteiger partial charge in [0.05, 0.1) is 21.9 Å². The highest BCUT2D eigenvalue weighted by molar-refractivity contribution is 5.66. The number of imidazole rings is 1. The van der Waals surface area contributed by atoms with Crippen molar-refractivity contribution in [3.05, 3.63) is 76.9 Å². The highest BCUT2D eigenvalue weighted by Crippen LogP contribution is 2.27. The van der Waals surface area contributed by atoms with Crippen LogP contribution in [0.4, 0.5) is 5.69 Å². The highest BCUT2D eigenvalue weighted by atomic mass is 16.6. The molecule has 0 amide bonds. The first-order chi connectivity index (χ1) is 11.6. The Morgan fingerprint density at radius 1 is 1.17 bits per heavy atom. The van der Waals surface area contributed by atoms with Gasteiger partial charge in [0.25, 0.3) is 5.69 Å². The number of pyridine rings is 1. The molecule has 4 aromatic rings. The van der Waals surface area contributed by atoms with E-state index < -0.39 is 0 Å². The summed E-state index contributed by atoms with van der Waals surface area (Å²) in [4.78, 5) is 14.9. The van der Waals surface area contributed by atoms with Crippen molar-refractivity contribution in [2.45, 2.75) is 6.92 Å². The molecule has 0 spiro atoms. The molecule has 0 radical (unpaired) electrons. The lowest BCUT2D eigenvalue weighted by molar-refractivity contribution is -0.385. The molecule has 118 valence electrons. The van der Waals surface area contributed by atoms with Crippen molar-refractivity contribution in [2.24, 2.45) is 0 Å². The quantitative estimate of drug-likeness (QED) is 0.428. The fourth-order valence-corrected chi connectivity index (χ4v) is 2.81. The van der Waals surface area contributed by atoms with E-state index in [2.05, 4.69) is 10.1 Å². The molecule has 0 unspecified atom stereocenters. The van der Waals surface area contributed by atoms with E-state index in [4.69, 9.17) is 0 Å². The molecule has 7 nitrogen and oxygen atoms in total. The second-order valence-corrected chi connectivity index (χ2v) is 5.42. The van der Waals surface area contributed by atoms with Crippen molar-refractivity contribution < 1.29 is 4.92 Å². The Labute approximate surface area is 137 Å². The number of aromatic nitrogens is 4. The van der Waals surface area contributed by atoms with Crippen LogP contribution in [0.2, 0.25) is 0 Å². The summed E-state index contributed by atoms with van der Waals surface area (Å²) in [5.74, 6) is 0. The molecular formula is C17H13N5O2. The molecule has 0 aliphatic rings. The number of hydrogen-bond donors (Lipinski definition) is 0. The standard InChI is InChI=1S/C17H13N5O2/c1-12-15(5-2-6-16(12)22(23)24)20-8-9-21-17(20)10-14(19-21)13-4-3-7-18-11-13/h2-11H,1H3. The predicted octanol–water partition coefficient (Wildman–Crippen LogP) is 3.40. The molecule has 0 fully saturated rings. The molecule has 1 aromatic carbocycles. The minimum atomic E-state index is -0.364. The third-order valence-electron chi connectivity index (χ3n) is 4.01. The maximum atomic E-state index is 11.2. The summed E-state index contributed by atoms with van der Waals surface area (Å²) in [6, 6.07) is 10.8. The van der Waals surface area contributed by atoms with Crippen molar-refractivity contribution in [3.8, 4) is 16.9 Å². The molecule has 0 atom stereocenters. The normalized spacial score (nSPS) is 11.0. The smallest absolute Gasteiger partial charge is 0.274 e. The number of rotatable bonds is 3. The predicted molar refractivity (Wildman–Crippen MR) is 89.1 cm³/mol. The van der Waals surface area contributed by atoms with Gasteiger partial charge in [-0.25, -0.2) is 4.52 Å². The van der Waals surface area contributed by atoms with Crippen LogP contribution >= 0.6 is 0 Å². The first-order valence-corrected chi connectivity index (χ1v) is 7.36. The summed E-state index contributed by atoms with van der Waals surface area (Å²) in [5, 5.41) is 15.7. The molecule has 0 bridgehead atoms. The lowest BCUT2D eigenvalue weighted by atomic mass is 10.1. The van der Waals surface area contributed by atoms with Gasteiger partial charge in [-0.1, -0.05) is 6.07 Å². The van der Waals surface area contributed by atoms with E-state index in [1.807, 2.05) is 41.2 Å². The minimum absolute atomic E-state index is 0.103. The zero-order valence-corrected chi connectivity index (χ0v) is 12.8. The monoisotopic (exact) mass is 319 g/mol. The SMILES string of the molecule is Cc1c(-n2ccn3nc(-c4cccnc4)cc23)cccc1[N+](=O)[O-]. The lowest BCUT2D eigenvalue weighted by Crippen LogP contribution is -1.99. The van der Waals surface area contributed by atoms with Crippen molar-refractivity contribution >= 4 is 11.3 Å². The number of benzene rings is 1. The van der Waals surface area contributed by atoms with Crippen molar-refractivity contribution in [3.63, 3.8) is 0 Å². The van der Waals surface area contributed by atoms with Gasteiger partial charge >= 0.3 is 0 Å². The highest BCUT2D eigenvalue weighted by Gasteiger charge is 2.16. The van der Waals surface area contributed by atoms with Gasteiger partial charge in [-0.3, -0.25) is 19.7 Å². The van der Waals surface area contributed by atoms with Crippen LogP contribution in [0.25, 0.3) is 22.6 Å². The summed E-state index contributed by atoms with van der Waals surface area (Å²) in [6.07, 6.45) is 7.14. The van der Waals surface area contributed by atoms with Gasteiger partial charge in [0.2, 0.25) is 0 Å². The maximum absolute atomic E-state index is 11.2. The zero-order valence-electron chi connectivity index (χ0n) is 12.8. The number of nitro groups is 1. The van der Waals surface area contributed by atoms with E-state index in [1.165, 1.54) is 6.07 Å². The van der Waals surface area contributed by atoms with Gasteiger partial charge in [0.15, 0.2) is 0 Å². The van der Waals surface area contributed by atoms with Gasteiger partial charge < -0.3 is 0 Å². The van der Waals surface area contributed by atoms with Gasteiger partial charge in [-0.15, -0.1) is 0 Å². The molecule has 0 saturated heterocycles. The van der Waals surface area contributed by atoms with E-state index in [9.17, 15) is 10.1 Å². The zero-order chi connectivity index (χ0) is 16.7. The van der Waals surface area contributed by atoms with Crippen LogP contribution in [0.1, 0.15) is 5.56 Å². The Hall–Kier alpha value is -3.48. The number of fused-ring (bicyclic) bond motifs is 1. The van der Waals surface area contributed by atoms with Crippen LogP contribution in [0.5, 0.6) is 0 Å². The molecule has 24 heavy (non-hydrogen) atoms. The molecule has 3 aromatic heterocycles. The van der Waals surface area contributed by atoms with Gasteiger partial charge in [0.1, 0.15) is 5.65 Å². The lowest BCUT2D eigenvalue weighted by Gasteiger charge is -2.07. The van der Waals surface area contributed by atoms with Crippen molar-refractivity contribution in [1.29, 1.82) is 0 Å². The number of nitrogens with zero attached hydrogens (tertiary/aromatic N) is 5. The molecule has 0 aliphatic carbocycles. The molecule has 0 saturated carbocycles. The average Bonchev–Trinajstić information content (AvgIpc) is 3.16. The summed E-state index contributed by atoms with van der Waals surface area (Å²) in [5.41, 5.74) is 4.03. The maximum Gasteiger partial charge on any atom is 0.274 e. The first kappa shape index (κ1) is 14.1. The van der Waals surface area contributed by atoms with Crippen molar-refractivity contribution in [1.82, 2.24) is 19.2 Å². The number of hydrogen-bond acceptors (Lipinski definition) is 4. The van der Waals surface area contributed by atoms with Crippen LogP contribution in [-0.4, -0.2) is 24.1 Å². The van der Waals surface area contributed by atoms with Crippen LogP contribution < -0.4 is 0 Å². The summed E-state index contributed by atoms with van der Waals surface area (Å²) in [6.45, 7) is 1.75. The summed E-state index contributed by atoms with van der Waals surface area (Å²) < 4.78 is 3.65. The largest absolute Gasteiger partial charge is 0.300 e. The van der Waals surface area contributed by atoms with E-state index in [1.54, 1.807) is 29.9 Å². The fraction of sp³-hybridized carbons (Fsp3) is 0.0588. The first-order valence-electron chi connectivity index (χ1n) is 7.36. The molecular weight excluding hydrogens is 306 g/mol. The molecule has 0 N–H and O–H groups in total. The van der Waals surface area contributed by atoms with Crippen LogP contribution in [0.15, 0.2) is 61.2 Å². The third kappa shape index (κ3) is 2.14. The van der Waals surface area contributed by atoms with Crippen LogP contribution in [0, 0.1) is 17.0 Å². The minimum Gasteiger partial charge on any atom is -0.300 e. The van der Waals surface area contributed by atoms with E-state index >= 15 is 0 Å². The summed E-state index contributed by atoms with van der Waals surface area (Å²) >= 11 is 0. The van der Waals surface area contributed by atoms with E-state index in [0.717, 1.165) is 22.6 Å². The van der Waals surface area contributed by atoms with Gasteiger partial charge in [-0.2, -0.15) is 5.10 Å². The Balaban J connectivity index is 1.88. The van der Waals surface area contributed by atoms with Gasteiger partial charge in [0, 0.05) is 42.5 Å². The van der Waals surface area contributed by atoms with Crippen LogP contribution in [-0.2, 0) is 0 Å². The Morgan fingerprint density at radius 2 is 2.04 bits per heavy atom. The Morgan fingerprint density at radius 3 is 2.79 bits per heavy atom. The molecule has 0 aliphatic heterocycles. The fourth-order valence-electron chi connectivity index (χ4n) is 2.81. The third-order valence-corrected chi connectivity index (χ3v) is 4.01. The second kappa shape index (κ2) is 5.31. The molecule has 3 heterocycles. The van der Waals surface area contributed by atoms with E-state index in [0.29, 0.717) is 5.56 Å². The Bertz CT molecular complexity index is 1050. The second-order valence-electron chi connectivity index (χ2n) is 5.42.